The minimum atomic E-state index is -2.70. The Morgan fingerprint density at radius 3 is 2.58 bits per heavy atom. The van der Waals surface area contributed by atoms with E-state index in [-0.39, 0.29) is 37.3 Å². The van der Waals surface area contributed by atoms with Crippen molar-refractivity contribution < 1.29 is 22.7 Å². The summed E-state index contributed by atoms with van der Waals surface area (Å²) in [6.07, 6.45) is 0.525. The summed E-state index contributed by atoms with van der Waals surface area (Å²) < 4.78 is 44.3. The molecule has 2 heterocycles. The number of pyridine rings is 1. The quantitative estimate of drug-likeness (QED) is 0.776. The van der Waals surface area contributed by atoms with Gasteiger partial charge in [-0.3, -0.25) is 0 Å². The molecule has 2 rings (SSSR count). The van der Waals surface area contributed by atoms with Crippen molar-refractivity contribution in [2.75, 3.05) is 25.1 Å². The van der Waals surface area contributed by atoms with Crippen molar-refractivity contribution in [1.29, 1.82) is 0 Å². The fourth-order valence-corrected chi connectivity index (χ4v) is 1.94. The molecule has 0 spiro atoms. The van der Waals surface area contributed by atoms with Crippen molar-refractivity contribution in [2.24, 2.45) is 0 Å². The van der Waals surface area contributed by atoms with Crippen LogP contribution in [0.1, 0.15) is 23.2 Å². The van der Waals surface area contributed by atoms with Gasteiger partial charge in [0.1, 0.15) is 0 Å². The SMILES string of the molecule is COC(=O)c1cnc(N2CCC(F)(F)CC2)c(F)c1. The zero-order valence-electron chi connectivity index (χ0n) is 10.3. The lowest BCUT2D eigenvalue weighted by molar-refractivity contribution is -0.0222. The van der Waals surface area contributed by atoms with Gasteiger partial charge in [0.15, 0.2) is 11.6 Å². The normalized spacial score (nSPS) is 18.2. The second kappa shape index (κ2) is 5.07. The molecule has 1 fully saturated rings. The molecule has 0 unspecified atom stereocenters. The van der Waals surface area contributed by atoms with Crippen LogP contribution in [0.25, 0.3) is 0 Å². The summed E-state index contributed by atoms with van der Waals surface area (Å²) in [5.41, 5.74) is -0.00825. The number of halogens is 3. The van der Waals surface area contributed by atoms with Gasteiger partial charge in [-0.1, -0.05) is 0 Å². The van der Waals surface area contributed by atoms with E-state index in [1.165, 1.54) is 18.2 Å². The van der Waals surface area contributed by atoms with E-state index < -0.39 is 17.7 Å². The number of esters is 1. The van der Waals surface area contributed by atoms with E-state index in [9.17, 15) is 18.0 Å². The minimum absolute atomic E-state index is 0.00825. The number of piperidine rings is 1. The van der Waals surface area contributed by atoms with Gasteiger partial charge in [-0.25, -0.2) is 22.9 Å². The van der Waals surface area contributed by atoms with Crippen molar-refractivity contribution >= 4 is 11.8 Å². The number of aromatic nitrogens is 1. The number of carbonyl (C=O) groups is 1. The van der Waals surface area contributed by atoms with Gasteiger partial charge >= 0.3 is 5.97 Å². The van der Waals surface area contributed by atoms with Crippen LogP contribution in [0.4, 0.5) is 19.0 Å². The van der Waals surface area contributed by atoms with Gasteiger partial charge < -0.3 is 9.64 Å². The smallest absolute Gasteiger partial charge is 0.339 e. The summed E-state index contributed by atoms with van der Waals surface area (Å²) in [4.78, 5) is 16.5. The van der Waals surface area contributed by atoms with Crippen LogP contribution in [-0.4, -0.2) is 37.1 Å². The molecule has 104 valence electrons. The Kier molecular flexibility index (Phi) is 3.64. The molecule has 7 heteroatoms. The third kappa shape index (κ3) is 2.97. The fourth-order valence-electron chi connectivity index (χ4n) is 1.94. The van der Waals surface area contributed by atoms with Crippen LogP contribution in [0.15, 0.2) is 12.3 Å². The van der Waals surface area contributed by atoms with Crippen molar-refractivity contribution in [3.8, 4) is 0 Å². The zero-order valence-corrected chi connectivity index (χ0v) is 10.3. The highest BCUT2D eigenvalue weighted by molar-refractivity contribution is 5.89. The van der Waals surface area contributed by atoms with Crippen molar-refractivity contribution in [3.63, 3.8) is 0 Å². The van der Waals surface area contributed by atoms with Crippen LogP contribution in [0.2, 0.25) is 0 Å². The van der Waals surface area contributed by atoms with E-state index >= 15 is 0 Å². The molecule has 1 aromatic heterocycles. The Balaban J connectivity index is 2.16. The number of hydrogen-bond donors (Lipinski definition) is 0. The second-order valence-electron chi connectivity index (χ2n) is 4.36. The first-order chi connectivity index (χ1) is 8.93. The summed E-state index contributed by atoms with van der Waals surface area (Å²) in [6.45, 7) is 0.0724. The Labute approximate surface area is 108 Å². The number of rotatable bonds is 2. The van der Waals surface area contributed by atoms with Crippen molar-refractivity contribution in [3.05, 3.63) is 23.6 Å². The van der Waals surface area contributed by atoms with Crippen LogP contribution >= 0.6 is 0 Å². The third-order valence-corrected chi connectivity index (χ3v) is 3.04. The summed E-state index contributed by atoms with van der Waals surface area (Å²) in [5.74, 6) is -4.11. The minimum Gasteiger partial charge on any atom is -0.465 e. The molecule has 1 aliphatic rings. The average molecular weight is 274 g/mol. The van der Waals surface area contributed by atoms with Crippen molar-refractivity contribution in [2.45, 2.75) is 18.8 Å². The van der Waals surface area contributed by atoms with E-state index in [4.69, 9.17) is 0 Å². The third-order valence-electron chi connectivity index (χ3n) is 3.04. The Hall–Kier alpha value is -1.79. The molecule has 0 saturated carbocycles. The topological polar surface area (TPSA) is 42.4 Å². The molecule has 1 aromatic rings. The van der Waals surface area contributed by atoms with Gasteiger partial charge in [-0.15, -0.1) is 0 Å². The fraction of sp³-hybridized carbons (Fsp3) is 0.500. The van der Waals surface area contributed by atoms with Gasteiger partial charge in [0, 0.05) is 32.1 Å². The standard InChI is InChI=1S/C12H13F3N2O2/c1-19-11(18)8-6-9(13)10(16-7-8)17-4-2-12(14,15)3-5-17/h6-7H,2-5H2,1H3. The van der Waals surface area contributed by atoms with Crippen LogP contribution in [0.3, 0.4) is 0 Å². The maximum atomic E-state index is 13.8. The molecule has 4 nitrogen and oxygen atoms in total. The summed E-state index contributed by atoms with van der Waals surface area (Å²) in [6, 6.07) is 1.00. The molecule has 19 heavy (non-hydrogen) atoms. The highest BCUT2D eigenvalue weighted by Crippen LogP contribution is 2.30. The lowest BCUT2D eigenvalue weighted by Gasteiger charge is -2.32. The highest BCUT2D eigenvalue weighted by Gasteiger charge is 2.35. The van der Waals surface area contributed by atoms with Gasteiger partial charge in [0.05, 0.1) is 12.7 Å². The summed E-state index contributed by atoms with van der Waals surface area (Å²) >= 11 is 0. The summed E-state index contributed by atoms with van der Waals surface area (Å²) in [7, 11) is 1.18. The van der Waals surface area contributed by atoms with Crippen LogP contribution in [-0.2, 0) is 4.74 Å². The molecule has 0 bridgehead atoms. The van der Waals surface area contributed by atoms with Crippen LogP contribution in [0.5, 0.6) is 0 Å². The van der Waals surface area contributed by atoms with Crippen LogP contribution < -0.4 is 4.90 Å². The number of alkyl halides is 2. The first kappa shape index (κ1) is 13.6. The number of ether oxygens (including phenoxy) is 1. The summed E-state index contributed by atoms with van der Waals surface area (Å²) in [5, 5.41) is 0. The molecule has 1 aliphatic heterocycles. The second-order valence-corrected chi connectivity index (χ2v) is 4.36. The van der Waals surface area contributed by atoms with E-state index in [0.29, 0.717) is 0 Å². The molecule has 0 aromatic carbocycles. The van der Waals surface area contributed by atoms with E-state index in [2.05, 4.69) is 9.72 Å². The molecule has 0 amide bonds. The monoisotopic (exact) mass is 274 g/mol. The first-order valence-corrected chi connectivity index (χ1v) is 5.79. The van der Waals surface area contributed by atoms with Crippen LogP contribution in [0, 0.1) is 5.82 Å². The molecule has 0 radical (unpaired) electrons. The number of carbonyl (C=O) groups excluding carboxylic acids is 1. The predicted molar refractivity (Wildman–Crippen MR) is 61.9 cm³/mol. The Morgan fingerprint density at radius 1 is 1.42 bits per heavy atom. The molecule has 0 atom stereocenters. The lowest BCUT2D eigenvalue weighted by Crippen LogP contribution is -2.40. The Morgan fingerprint density at radius 2 is 2.05 bits per heavy atom. The number of nitrogens with zero attached hydrogens (tertiary/aromatic N) is 2. The maximum Gasteiger partial charge on any atom is 0.339 e. The zero-order chi connectivity index (χ0) is 14.0. The number of methoxy groups -OCH3 is 1. The van der Waals surface area contributed by atoms with Gasteiger partial charge in [-0.2, -0.15) is 0 Å². The van der Waals surface area contributed by atoms with Gasteiger partial charge in [0.25, 0.3) is 5.92 Å². The first-order valence-electron chi connectivity index (χ1n) is 5.79. The molecule has 0 aliphatic carbocycles. The lowest BCUT2D eigenvalue weighted by atomic mass is 10.1. The predicted octanol–water partition coefficient (Wildman–Crippen LogP) is 2.24. The highest BCUT2D eigenvalue weighted by atomic mass is 19.3. The van der Waals surface area contributed by atoms with E-state index in [0.717, 1.165) is 6.07 Å². The number of anilines is 1. The molecule has 1 saturated heterocycles. The largest absolute Gasteiger partial charge is 0.465 e. The molecule has 0 N–H and O–H groups in total. The average Bonchev–Trinajstić information content (AvgIpc) is 2.38. The van der Waals surface area contributed by atoms with Gasteiger partial charge in [0.2, 0.25) is 0 Å². The maximum absolute atomic E-state index is 13.8. The van der Waals surface area contributed by atoms with E-state index in [1.807, 2.05) is 0 Å². The molecular weight excluding hydrogens is 261 g/mol. The van der Waals surface area contributed by atoms with Crippen molar-refractivity contribution in [1.82, 2.24) is 4.98 Å². The molecular formula is C12H13F3N2O2. The number of hydrogen-bond acceptors (Lipinski definition) is 4. The van der Waals surface area contributed by atoms with E-state index in [1.54, 1.807) is 0 Å². The Bertz CT molecular complexity index is 484. The van der Waals surface area contributed by atoms with Gasteiger partial charge in [-0.05, 0) is 6.07 Å².